The van der Waals surface area contributed by atoms with E-state index in [0.717, 1.165) is 42.8 Å². The number of nitrogens with zero attached hydrogens (tertiary/aromatic N) is 5. The zero-order valence-electron chi connectivity index (χ0n) is 21.0. The quantitative estimate of drug-likeness (QED) is 0.354. The number of amides is 1. The number of nitrogens with one attached hydrogen (secondary N) is 2. The summed E-state index contributed by atoms with van der Waals surface area (Å²) in [6, 6.07) is 13.0. The second-order valence-corrected chi connectivity index (χ2v) is 9.61. The topological polar surface area (TPSA) is 129 Å². The number of rotatable bonds is 6. The lowest BCUT2D eigenvalue weighted by Crippen LogP contribution is -2.47. The fourth-order valence-electron chi connectivity index (χ4n) is 4.63. The van der Waals surface area contributed by atoms with Crippen LogP contribution >= 0.6 is 0 Å². The number of ether oxygens (including phenoxy) is 2. The number of hydrogen-bond acceptors (Lipinski definition) is 9. The molecular weight excluding hydrogens is 486 g/mol. The van der Waals surface area contributed by atoms with Gasteiger partial charge in [-0.1, -0.05) is 0 Å². The van der Waals surface area contributed by atoms with E-state index >= 15 is 0 Å². The zero-order chi connectivity index (χ0) is 26.1. The van der Waals surface area contributed by atoms with E-state index in [-0.39, 0.29) is 12.5 Å². The van der Waals surface area contributed by atoms with Gasteiger partial charge in [0.15, 0.2) is 0 Å². The number of piperazine rings is 1. The van der Waals surface area contributed by atoms with Crippen LogP contribution in [0.3, 0.4) is 0 Å². The average molecular weight is 516 g/mol. The Balaban J connectivity index is 1.17. The van der Waals surface area contributed by atoms with Crippen LogP contribution in [0.4, 0.5) is 11.6 Å². The smallest absolute Gasteiger partial charge is 0.270 e. The van der Waals surface area contributed by atoms with E-state index < -0.39 is 12.2 Å². The maximum Gasteiger partial charge on any atom is 0.270 e. The van der Waals surface area contributed by atoms with Crippen LogP contribution in [0.1, 0.15) is 10.5 Å². The van der Waals surface area contributed by atoms with Gasteiger partial charge in [-0.05, 0) is 43.4 Å². The summed E-state index contributed by atoms with van der Waals surface area (Å²) in [5.41, 5.74) is 3.52. The number of benzene rings is 1. The SMILES string of the molecule is CN1CCN(C(=O)c2cc3cc(Nc4nccc(-c5cc(OC6COCC6O)ccn5)n4)ccc3[nH]2)CC1. The van der Waals surface area contributed by atoms with Gasteiger partial charge in [0.05, 0.1) is 24.6 Å². The van der Waals surface area contributed by atoms with E-state index in [4.69, 9.17) is 9.47 Å². The Kier molecular flexibility index (Phi) is 6.62. The van der Waals surface area contributed by atoms with Crippen molar-refractivity contribution in [3.8, 4) is 17.1 Å². The van der Waals surface area contributed by atoms with E-state index in [1.807, 2.05) is 29.2 Å². The van der Waals surface area contributed by atoms with Gasteiger partial charge in [-0.25, -0.2) is 9.97 Å². The number of H-pyrrole nitrogens is 1. The summed E-state index contributed by atoms with van der Waals surface area (Å²) in [7, 11) is 2.07. The minimum absolute atomic E-state index is 0.0218. The molecule has 6 rings (SSSR count). The van der Waals surface area contributed by atoms with Gasteiger partial charge in [-0.2, -0.15) is 0 Å². The molecule has 0 bridgehead atoms. The standard InChI is InChI=1S/C27H29N7O4/c1-33-8-10-34(11-9-33)26(36)23-13-17-12-18(2-3-20(17)31-23)30-27-29-7-5-21(32-27)22-14-19(4-6-28-22)38-25-16-37-15-24(25)35/h2-7,12-14,24-25,31,35H,8-11,15-16H2,1H3,(H,29,30,32). The van der Waals surface area contributed by atoms with Gasteiger partial charge in [-0.15, -0.1) is 0 Å². The molecule has 2 saturated heterocycles. The molecule has 0 radical (unpaired) electrons. The highest BCUT2D eigenvalue weighted by atomic mass is 16.6. The van der Waals surface area contributed by atoms with Crippen molar-refractivity contribution < 1.29 is 19.4 Å². The normalized spacial score (nSPS) is 20.1. The molecule has 2 unspecified atom stereocenters. The predicted octanol–water partition coefficient (Wildman–Crippen LogP) is 2.29. The Morgan fingerprint density at radius 2 is 1.89 bits per heavy atom. The molecule has 196 valence electrons. The third-order valence-corrected chi connectivity index (χ3v) is 6.83. The van der Waals surface area contributed by atoms with E-state index in [2.05, 4.69) is 37.2 Å². The van der Waals surface area contributed by atoms with Gasteiger partial charge in [0, 0.05) is 61.2 Å². The average Bonchev–Trinajstić information content (AvgIpc) is 3.54. The minimum atomic E-state index is -0.653. The van der Waals surface area contributed by atoms with Crippen molar-refractivity contribution >= 4 is 28.4 Å². The van der Waals surface area contributed by atoms with Crippen LogP contribution in [-0.4, -0.2) is 99.4 Å². The van der Waals surface area contributed by atoms with Crippen molar-refractivity contribution in [2.75, 3.05) is 51.8 Å². The molecule has 1 aromatic carbocycles. The lowest BCUT2D eigenvalue weighted by molar-refractivity contribution is 0.0659. The lowest BCUT2D eigenvalue weighted by Gasteiger charge is -2.32. The molecule has 3 N–H and O–H groups in total. The highest BCUT2D eigenvalue weighted by molar-refractivity contribution is 5.98. The maximum atomic E-state index is 13.0. The van der Waals surface area contributed by atoms with E-state index in [0.29, 0.717) is 35.4 Å². The number of pyridine rings is 1. The molecule has 0 aliphatic carbocycles. The first-order chi connectivity index (χ1) is 18.5. The predicted molar refractivity (Wildman–Crippen MR) is 141 cm³/mol. The van der Waals surface area contributed by atoms with Crippen molar-refractivity contribution in [3.63, 3.8) is 0 Å². The number of aliphatic hydroxyl groups excluding tert-OH is 1. The number of hydrogen-bond donors (Lipinski definition) is 3. The Morgan fingerprint density at radius 1 is 1.05 bits per heavy atom. The molecule has 2 fully saturated rings. The van der Waals surface area contributed by atoms with Gasteiger partial charge in [-0.3, -0.25) is 9.78 Å². The first-order valence-corrected chi connectivity index (χ1v) is 12.6. The van der Waals surface area contributed by atoms with Gasteiger partial charge in [0.25, 0.3) is 5.91 Å². The number of aliphatic hydroxyl groups is 1. The Morgan fingerprint density at radius 3 is 2.71 bits per heavy atom. The number of aromatic amines is 1. The highest BCUT2D eigenvalue weighted by Crippen LogP contribution is 2.25. The molecule has 0 spiro atoms. The lowest BCUT2D eigenvalue weighted by atomic mass is 10.2. The maximum absolute atomic E-state index is 13.0. The van der Waals surface area contributed by atoms with Crippen LogP contribution in [0.25, 0.3) is 22.3 Å². The largest absolute Gasteiger partial charge is 0.485 e. The van der Waals surface area contributed by atoms with E-state index in [9.17, 15) is 9.90 Å². The third kappa shape index (κ3) is 5.17. The van der Waals surface area contributed by atoms with Crippen molar-refractivity contribution in [3.05, 3.63) is 60.6 Å². The van der Waals surface area contributed by atoms with Crippen molar-refractivity contribution in [2.24, 2.45) is 0 Å². The minimum Gasteiger partial charge on any atom is -0.485 e. The third-order valence-electron chi connectivity index (χ3n) is 6.83. The fraction of sp³-hybridized carbons (Fsp3) is 0.333. The number of carbonyl (C=O) groups excluding carboxylic acids is 1. The number of carbonyl (C=O) groups is 1. The molecule has 11 heteroatoms. The fourth-order valence-corrected chi connectivity index (χ4v) is 4.63. The summed E-state index contributed by atoms with van der Waals surface area (Å²) in [6.07, 6.45) is 2.24. The monoisotopic (exact) mass is 515 g/mol. The molecule has 11 nitrogen and oxygen atoms in total. The molecule has 1 amide bonds. The van der Waals surface area contributed by atoms with E-state index in [1.165, 1.54) is 0 Å². The second-order valence-electron chi connectivity index (χ2n) is 9.61. The molecule has 3 aromatic heterocycles. The van der Waals surface area contributed by atoms with Crippen LogP contribution in [0, 0.1) is 0 Å². The molecule has 2 aliphatic rings. The van der Waals surface area contributed by atoms with Gasteiger partial charge < -0.3 is 34.7 Å². The molecule has 38 heavy (non-hydrogen) atoms. The number of fused-ring (bicyclic) bond motifs is 1. The molecule has 2 aliphatic heterocycles. The molecule has 5 heterocycles. The van der Waals surface area contributed by atoms with Crippen LogP contribution in [0.15, 0.2) is 54.9 Å². The molecular formula is C27H29N7O4. The Hall–Kier alpha value is -4.06. The summed E-state index contributed by atoms with van der Waals surface area (Å²) in [5, 5.41) is 14.1. The summed E-state index contributed by atoms with van der Waals surface area (Å²) < 4.78 is 11.1. The van der Waals surface area contributed by atoms with Crippen LogP contribution in [0.5, 0.6) is 5.75 Å². The number of aromatic nitrogens is 4. The first-order valence-electron chi connectivity index (χ1n) is 12.6. The molecule has 2 atom stereocenters. The molecule has 0 saturated carbocycles. The van der Waals surface area contributed by atoms with Crippen LogP contribution in [0.2, 0.25) is 0 Å². The number of anilines is 2. The van der Waals surface area contributed by atoms with Crippen molar-refractivity contribution in [2.45, 2.75) is 12.2 Å². The zero-order valence-corrected chi connectivity index (χ0v) is 21.0. The van der Waals surface area contributed by atoms with Crippen molar-refractivity contribution in [1.29, 1.82) is 0 Å². The van der Waals surface area contributed by atoms with Gasteiger partial charge >= 0.3 is 0 Å². The Bertz CT molecular complexity index is 1450. The van der Waals surface area contributed by atoms with Crippen molar-refractivity contribution in [1.82, 2.24) is 29.7 Å². The summed E-state index contributed by atoms with van der Waals surface area (Å²) in [5.74, 6) is 1.02. The first kappa shape index (κ1) is 24.3. The summed E-state index contributed by atoms with van der Waals surface area (Å²) >= 11 is 0. The summed E-state index contributed by atoms with van der Waals surface area (Å²) in [6.45, 7) is 3.83. The highest BCUT2D eigenvalue weighted by Gasteiger charge is 2.28. The van der Waals surface area contributed by atoms with E-state index in [1.54, 1.807) is 30.6 Å². The number of likely N-dealkylation sites (N-methyl/N-ethyl adjacent to an activating group) is 1. The van der Waals surface area contributed by atoms with Gasteiger partial charge in [0.2, 0.25) is 5.95 Å². The van der Waals surface area contributed by atoms with Gasteiger partial charge in [0.1, 0.15) is 23.7 Å². The summed E-state index contributed by atoms with van der Waals surface area (Å²) in [4.78, 5) is 33.7. The van der Waals surface area contributed by atoms with Crippen LogP contribution < -0.4 is 10.1 Å². The van der Waals surface area contributed by atoms with Crippen LogP contribution in [-0.2, 0) is 4.74 Å². The second kappa shape index (κ2) is 10.4. The molecule has 4 aromatic rings. The Labute approximate surface area is 219 Å².